The average molecular weight is 421 g/mol. The average Bonchev–Trinajstić information content (AvgIpc) is 3.07. The van der Waals surface area contributed by atoms with Crippen LogP contribution in [0.25, 0.3) is 10.9 Å². The van der Waals surface area contributed by atoms with Crippen LogP contribution in [0, 0.1) is 5.92 Å². The van der Waals surface area contributed by atoms with Gasteiger partial charge in [-0.2, -0.15) is 5.10 Å². The summed E-state index contributed by atoms with van der Waals surface area (Å²) in [6.07, 6.45) is 8.62. The molecular weight excluding hydrogens is 388 g/mol. The van der Waals surface area contributed by atoms with Crippen LogP contribution in [0.1, 0.15) is 43.6 Å². The van der Waals surface area contributed by atoms with Gasteiger partial charge in [0.15, 0.2) is 0 Å². The zero-order valence-electron chi connectivity index (χ0n) is 17.3. The van der Waals surface area contributed by atoms with E-state index in [-0.39, 0.29) is 18.1 Å². The summed E-state index contributed by atoms with van der Waals surface area (Å²) in [7, 11) is -1.22. The monoisotopic (exact) mass is 420 g/mol. The lowest BCUT2D eigenvalue weighted by Crippen LogP contribution is -2.51. The Morgan fingerprint density at radius 2 is 2.03 bits per heavy atom. The number of benzene rings is 1. The zero-order valence-corrected chi connectivity index (χ0v) is 18.1. The van der Waals surface area contributed by atoms with Crippen molar-refractivity contribution in [1.29, 1.82) is 0 Å². The number of hydrogen-bond acceptors (Lipinski definition) is 5. The number of ether oxygens (including phenoxy) is 1. The fourth-order valence-electron chi connectivity index (χ4n) is 4.79. The molecule has 2 aliphatic rings. The number of sulfonamides is 1. The van der Waals surface area contributed by atoms with Crippen molar-refractivity contribution in [3.8, 4) is 0 Å². The minimum Gasteiger partial charge on any atom is -0.378 e. The number of aromatic nitrogens is 2. The Bertz CT molecular complexity index is 935. The molecule has 1 aromatic carbocycles. The van der Waals surface area contributed by atoms with Crippen LogP contribution in [0.4, 0.5) is 0 Å². The smallest absolute Gasteiger partial charge is 0.208 e. The van der Waals surface area contributed by atoms with Crippen molar-refractivity contribution in [3.05, 3.63) is 30.0 Å². The summed E-state index contributed by atoms with van der Waals surface area (Å²) in [6, 6.07) is 6.66. The van der Waals surface area contributed by atoms with Gasteiger partial charge in [0.1, 0.15) is 0 Å². The van der Waals surface area contributed by atoms with Crippen LogP contribution in [-0.4, -0.2) is 56.3 Å². The summed E-state index contributed by atoms with van der Waals surface area (Å²) in [5.74, 6) is 0.764. The predicted molar refractivity (Wildman–Crippen MR) is 114 cm³/mol. The summed E-state index contributed by atoms with van der Waals surface area (Å²) in [4.78, 5) is 0. The Morgan fingerprint density at radius 1 is 1.24 bits per heavy atom. The van der Waals surface area contributed by atoms with Crippen LogP contribution < -0.4 is 10.0 Å². The van der Waals surface area contributed by atoms with Gasteiger partial charge in [-0.3, -0.25) is 4.68 Å². The largest absolute Gasteiger partial charge is 0.378 e. The van der Waals surface area contributed by atoms with Crippen LogP contribution in [-0.2, 0) is 21.8 Å². The van der Waals surface area contributed by atoms with Crippen LogP contribution >= 0.6 is 0 Å². The highest BCUT2D eigenvalue weighted by atomic mass is 32.2. The molecule has 1 aromatic heterocycles. The number of piperidine rings is 1. The van der Waals surface area contributed by atoms with E-state index in [9.17, 15) is 8.42 Å². The van der Waals surface area contributed by atoms with Gasteiger partial charge in [0.25, 0.3) is 0 Å². The second-order valence-corrected chi connectivity index (χ2v) is 10.4. The van der Waals surface area contributed by atoms with Gasteiger partial charge in [0.05, 0.1) is 30.7 Å². The molecule has 2 fully saturated rings. The maximum absolute atomic E-state index is 11.6. The minimum absolute atomic E-state index is 0.0335. The fourth-order valence-corrected chi connectivity index (χ4v) is 5.65. The van der Waals surface area contributed by atoms with E-state index in [4.69, 9.17) is 4.74 Å². The molecule has 29 heavy (non-hydrogen) atoms. The fraction of sp³-hybridized carbons (Fsp3) is 0.667. The Morgan fingerprint density at radius 3 is 2.79 bits per heavy atom. The second kappa shape index (κ2) is 8.71. The summed E-state index contributed by atoms with van der Waals surface area (Å²) >= 11 is 0. The van der Waals surface area contributed by atoms with E-state index in [0.717, 1.165) is 45.2 Å². The molecule has 1 aliphatic heterocycles. The van der Waals surface area contributed by atoms with E-state index in [1.807, 2.05) is 17.9 Å². The molecule has 1 aliphatic carbocycles. The van der Waals surface area contributed by atoms with Crippen LogP contribution in [0.3, 0.4) is 0 Å². The molecule has 2 N–H and O–H groups in total. The number of nitrogens with one attached hydrogen (secondary N) is 2. The van der Waals surface area contributed by atoms with Crippen molar-refractivity contribution in [1.82, 2.24) is 19.8 Å². The van der Waals surface area contributed by atoms with Crippen molar-refractivity contribution in [3.63, 3.8) is 0 Å². The van der Waals surface area contributed by atoms with Crippen molar-refractivity contribution < 1.29 is 13.2 Å². The van der Waals surface area contributed by atoms with Gasteiger partial charge >= 0.3 is 0 Å². The normalized spacial score (nSPS) is 28.6. The van der Waals surface area contributed by atoms with E-state index < -0.39 is 10.0 Å². The first-order valence-corrected chi connectivity index (χ1v) is 12.5. The first-order chi connectivity index (χ1) is 13.9. The molecule has 0 radical (unpaired) electrons. The standard InChI is InChI=1S/C21H32N4O3S/c1-25-21-8-5-16(11-17(21)13-23-25)15-3-6-19(7-4-15)28-14-18-12-22-10-9-20(18)24-29(2,26)27/h5,8,11,13,15,18-20,22,24H,3-4,6-7,9-10,12,14H2,1-2H3/t15?,18-,19?,20-/m0/s1. The van der Waals surface area contributed by atoms with Gasteiger partial charge in [0, 0.05) is 30.9 Å². The van der Waals surface area contributed by atoms with Crippen molar-refractivity contribution in [2.24, 2.45) is 13.0 Å². The molecule has 2 atom stereocenters. The van der Waals surface area contributed by atoms with Gasteiger partial charge in [-0.25, -0.2) is 13.1 Å². The lowest BCUT2D eigenvalue weighted by atomic mass is 9.82. The van der Waals surface area contributed by atoms with E-state index in [2.05, 4.69) is 33.3 Å². The van der Waals surface area contributed by atoms with Crippen LogP contribution in [0.2, 0.25) is 0 Å². The third-order valence-electron chi connectivity index (χ3n) is 6.43. The molecule has 1 saturated heterocycles. The second-order valence-electron chi connectivity index (χ2n) is 8.64. The van der Waals surface area contributed by atoms with E-state index in [0.29, 0.717) is 12.5 Å². The molecule has 0 unspecified atom stereocenters. The Kier molecular flexibility index (Phi) is 6.24. The van der Waals surface area contributed by atoms with E-state index >= 15 is 0 Å². The molecule has 4 rings (SSSR count). The van der Waals surface area contributed by atoms with Crippen molar-refractivity contribution in [2.45, 2.75) is 50.2 Å². The topological polar surface area (TPSA) is 85.2 Å². The molecule has 0 spiro atoms. The SMILES string of the molecule is Cn1ncc2cc(C3CCC(OC[C@@H]4CNCC[C@@H]4NS(C)(=O)=O)CC3)ccc21. The molecule has 7 nitrogen and oxygen atoms in total. The summed E-state index contributed by atoms with van der Waals surface area (Å²) in [5.41, 5.74) is 2.57. The minimum atomic E-state index is -3.19. The quantitative estimate of drug-likeness (QED) is 0.748. The van der Waals surface area contributed by atoms with Crippen molar-refractivity contribution >= 4 is 20.9 Å². The summed E-state index contributed by atoms with van der Waals surface area (Å²) in [6.45, 7) is 2.25. The molecule has 8 heteroatoms. The zero-order chi connectivity index (χ0) is 20.4. The molecule has 0 amide bonds. The third kappa shape index (κ3) is 5.17. The number of aryl methyl sites for hydroxylation is 1. The van der Waals surface area contributed by atoms with E-state index in [1.165, 1.54) is 22.7 Å². The molecular formula is C21H32N4O3S. The molecule has 0 bridgehead atoms. The first-order valence-electron chi connectivity index (χ1n) is 10.6. The lowest BCUT2D eigenvalue weighted by molar-refractivity contribution is -0.00402. The lowest BCUT2D eigenvalue weighted by Gasteiger charge is -2.34. The van der Waals surface area contributed by atoms with Crippen LogP contribution in [0.5, 0.6) is 0 Å². The number of hydrogen-bond donors (Lipinski definition) is 2. The van der Waals surface area contributed by atoms with Gasteiger partial charge in [-0.1, -0.05) is 6.07 Å². The Labute approximate surface area is 173 Å². The first kappa shape index (κ1) is 20.8. The van der Waals surface area contributed by atoms with Crippen molar-refractivity contribution in [2.75, 3.05) is 26.0 Å². The predicted octanol–water partition coefficient (Wildman–Crippen LogP) is 2.14. The van der Waals surface area contributed by atoms with Gasteiger partial charge in [-0.15, -0.1) is 0 Å². The summed E-state index contributed by atoms with van der Waals surface area (Å²) < 4.78 is 34.2. The van der Waals surface area contributed by atoms with E-state index in [1.54, 1.807) is 0 Å². The van der Waals surface area contributed by atoms with Gasteiger partial charge in [-0.05, 0) is 62.3 Å². The molecule has 160 valence electrons. The molecule has 2 heterocycles. The Balaban J connectivity index is 1.29. The highest BCUT2D eigenvalue weighted by molar-refractivity contribution is 7.88. The maximum Gasteiger partial charge on any atom is 0.208 e. The molecule has 1 saturated carbocycles. The van der Waals surface area contributed by atoms with Crippen LogP contribution in [0.15, 0.2) is 24.4 Å². The third-order valence-corrected chi connectivity index (χ3v) is 7.17. The van der Waals surface area contributed by atoms with Gasteiger partial charge < -0.3 is 10.1 Å². The number of rotatable bonds is 6. The summed E-state index contributed by atoms with van der Waals surface area (Å²) in [5, 5.41) is 8.91. The maximum atomic E-state index is 11.6. The highest BCUT2D eigenvalue weighted by Crippen LogP contribution is 2.35. The van der Waals surface area contributed by atoms with Gasteiger partial charge in [0.2, 0.25) is 10.0 Å². The number of nitrogens with zero attached hydrogens (tertiary/aromatic N) is 2. The highest BCUT2D eigenvalue weighted by Gasteiger charge is 2.29. The number of fused-ring (bicyclic) bond motifs is 1. The Hall–Kier alpha value is -1.48. The molecule has 2 aromatic rings.